The fraction of sp³-hybridized carbons (Fsp3) is 0.385. The molecule has 0 saturated heterocycles. The molecule has 0 spiro atoms. The standard InChI is InChI=1S/C13H18ClN3O/c1-8(2)16-13(18)10-4-5-11(9(3)6-10)17-12(15)7-14/h4-6,8H,7H2,1-3H3,(H2,15,17)(H,16,18). The summed E-state index contributed by atoms with van der Waals surface area (Å²) in [6.07, 6.45) is 0. The number of halogens is 1. The predicted octanol–water partition coefficient (Wildman–Crippen LogP) is 2.36. The van der Waals surface area contributed by atoms with Crippen LogP contribution in [0.3, 0.4) is 0 Å². The summed E-state index contributed by atoms with van der Waals surface area (Å²) in [5.41, 5.74) is 7.81. The molecule has 3 N–H and O–H groups in total. The molecule has 5 heteroatoms. The summed E-state index contributed by atoms with van der Waals surface area (Å²) in [6.45, 7) is 5.72. The maximum absolute atomic E-state index is 11.8. The van der Waals surface area contributed by atoms with Gasteiger partial charge >= 0.3 is 0 Å². The van der Waals surface area contributed by atoms with E-state index in [9.17, 15) is 4.79 Å². The first-order valence-electron chi connectivity index (χ1n) is 5.74. The quantitative estimate of drug-likeness (QED) is 0.500. The van der Waals surface area contributed by atoms with Gasteiger partial charge in [0.1, 0.15) is 5.84 Å². The molecule has 98 valence electrons. The second kappa shape index (κ2) is 6.40. The van der Waals surface area contributed by atoms with Crippen molar-refractivity contribution in [1.82, 2.24) is 5.32 Å². The van der Waals surface area contributed by atoms with E-state index in [1.165, 1.54) is 0 Å². The van der Waals surface area contributed by atoms with E-state index in [2.05, 4.69) is 10.3 Å². The number of nitrogens with two attached hydrogens (primary N) is 1. The number of hydrogen-bond acceptors (Lipinski definition) is 2. The van der Waals surface area contributed by atoms with Crippen molar-refractivity contribution in [1.29, 1.82) is 0 Å². The van der Waals surface area contributed by atoms with E-state index in [1.54, 1.807) is 18.2 Å². The third-order valence-corrected chi connectivity index (χ3v) is 2.55. The molecule has 0 aliphatic rings. The lowest BCUT2D eigenvalue weighted by Gasteiger charge is -2.09. The van der Waals surface area contributed by atoms with Gasteiger partial charge in [-0.1, -0.05) is 0 Å². The van der Waals surface area contributed by atoms with E-state index in [0.29, 0.717) is 11.4 Å². The third kappa shape index (κ3) is 4.04. The molecule has 0 radical (unpaired) electrons. The molecule has 1 rings (SSSR count). The lowest BCUT2D eigenvalue weighted by Crippen LogP contribution is -2.30. The summed E-state index contributed by atoms with van der Waals surface area (Å²) < 4.78 is 0. The average Bonchev–Trinajstić information content (AvgIpc) is 2.30. The fourth-order valence-electron chi connectivity index (χ4n) is 1.45. The monoisotopic (exact) mass is 267 g/mol. The van der Waals surface area contributed by atoms with E-state index in [4.69, 9.17) is 17.3 Å². The minimum atomic E-state index is -0.0889. The van der Waals surface area contributed by atoms with Crippen molar-refractivity contribution in [2.45, 2.75) is 26.8 Å². The predicted molar refractivity (Wildman–Crippen MR) is 75.8 cm³/mol. The smallest absolute Gasteiger partial charge is 0.251 e. The lowest BCUT2D eigenvalue weighted by molar-refractivity contribution is 0.0943. The van der Waals surface area contributed by atoms with Crippen molar-refractivity contribution < 1.29 is 4.79 Å². The first-order valence-corrected chi connectivity index (χ1v) is 6.28. The number of amidine groups is 1. The Morgan fingerprint density at radius 3 is 2.67 bits per heavy atom. The van der Waals surface area contributed by atoms with Crippen LogP contribution in [0.25, 0.3) is 0 Å². The molecule has 1 aromatic carbocycles. The summed E-state index contributed by atoms with van der Waals surface area (Å²) in [6, 6.07) is 5.40. The molecule has 0 atom stereocenters. The zero-order valence-electron chi connectivity index (χ0n) is 10.8. The van der Waals surface area contributed by atoms with Crippen LogP contribution in [0.1, 0.15) is 29.8 Å². The number of carbonyl (C=O) groups is 1. The second-order valence-electron chi connectivity index (χ2n) is 4.37. The third-order valence-electron chi connectivity index (χ3n) is 2.28. The number of aliphatic imine (C=N–C) groups is 1. The molecule has 0 aliphatic heterocycles. The van der Waals surface area contributed by atoms with Gasteiger partial charge in [-0.05, 0) is 44.5 Å². The van der Waals surface area contributed by atoms with Gasteiger partial charge in [0.15, 0.2) is 0 Å². The molecule has 0 unspecified atom stereocenters. The van der Waals surface area contributed by atoms with Crippen molar-refractivity contribution in [3.05, 3.63) is 29.3 Å². The van der Waals surface area contributed by atoms with Crippen LogP contribution in [0.4, 0.5) is 5.69 Å². The van der Waals surface area contributed by atoms with Gasteiger partial charge in [0.25, 0.3) is 5.91 Å². The van der Waals surface area contributed by atoms with Gasteiger partial charge in [-0.2, -0.15) is 0 Å². The molecule has 0 saturated carbocycles. The molecule has 1 aromatic rings. The fourth-order valence-corrected chi connectivity index (χ4v) is 1.51. The molecule has 4 nitrogen and oxygen atoms in total. The average molecular weight is 268 g/mol. The Morgan fingerprint density at radius 2 is 2.17 bits per heavy atom. The highest BCUT2D eigenvalue weighted by Crippen LogP contribution is 2.20. The molecule has 18 heavy (non-hydrogen) atoms. The maximum Gasteiger partial charge on any atom is 0.251 e. The van der Waals surface area contributed by atoms with Gasteiger partial charge in [-0.15, -0.1) is 11.6 Å². The Kier molecular flexibility index (Phi) is 5.16. The number of hydrogen-bond donors (Lipinski definition) is 2. The highest BCUT2D eigenvalue weighted by atomic mass is 35.5. The summed E-state index contributed by atoms with van der Waals surface area (Å²) in [5.74, 6) is 0.461. The van der Waals surface area contributed by atoms with E-state index >= 15 is 0 Å². The molecule has 1 amide bonds. The first kappa shape index (κ1) is 14.5. The topological polar surface area (TPSA) is 67.5 Å². The van der Waals surface area contributed by atoms with Crippen LogP contribution in [-0.4, -0.2) is 23.7 Å². The summed E-state index contributed by atoms with van der Waals surface area (Å²) in [5, 5.41) is 2.84. The number of benzene rings is 1. The molecular weight excluding hydrogens is 250 g/mol. The van der Waals surface area contributed by atoms with Crippen molar-refractivity contribution in [3.8, 4) is 0 Å². The zero-order valence-corrected chi connectivity index (χ0v) is 11.6. The normalized spacial score (nSPS) is 11.7. The minimum absolute atomic E-state index is 0.0889. The van der Waals surface area contributed by atoms with Crippen LogP contribution < -0.4 is 11.1 Å². The van der Waals surface area contributed by atoms with E-state index in [0.717, 1.165) is 11.3 Å². The molecule has 0 fully saturated rings. The molecule has 0 heterocycles. The minimum Gasteiger partial charge on any atom is -0.386 e. The number of carbonyl (C=O) groups excluding carboxylic acids is 1. The van der Waals surface area contributed by atoms with Gasteiger partial charge in [0.2, 0.25) is 0 Å². The zero-order chi connectivity index (χ0) is 13.7. The first-order chi connectivity index (χ1) is 8.43. The van der Waals surface area contributed by atoms with E-state index in [-0.39, 0.29) is 17.8 Å². The van der Waals surface area contributed by atoms with Crippen molar-refractivity contribution in [2.75, 3.05) is 5.88 Å². The summed E-state index contributed by atoms with van der Waals surface area (Å²) in [7, 11) is 0. The van der Waals surface area contributed by atoms with Gasteiger partial charge in [-0.25, -0.2) is 4.99 Å². The number of nitrogens with one attached hydrogen (secondary N) is 1. The second-order valence-corrected chi connectivity index (χ2v) is 4.63. The maximum atomic E-state index is 11.8. The Bertz CT molecular complexity index is 469. The Balaban J connectivity index is 2.96. The van der Waals surface area contributed by atoms with Gasteiger partial charge in [0, 0.05) is 11.6 Å². The molecule has 0 bridgehead atoms. The number of alkyl halides is 1. The SMILES string of the molecule is Cc1cc(C(=O)NC(C)C)ccc1N=C(N)CCl. The highest BCUT2D eigenvalue weighted by molar-refractivity contribution is 6.28. The van der Waals surface area contributed by atoms with Gasteiger partial charge in [0.05, 0.1) is 11.6 Å². The van der Waals surface area contributed by atoms with Gasteiger partial charge in [-0.3, -0.25) is 4.79 Å². The van der Waals surface area contributed by atoms with Crippen molar-refractivity contribution in [2.24, 2.45) is 10.7 Å². The van der Waals surface area contributed by atoms with Gasteiger partial charge < -0.3 is 11.1 Å². The van der Waals surface area contributed by atoms with Crippen LogP contribution >= 0.6 is 11.6 Å². The van der Waals surface area contributed by atoms with E-state index < -0.39 is 0 Å². The van der Waals surface area contributed by atoms with Crippen molar-refractivity contribution in [3.63, 3.8) is 0 Å². The number of aryl methyl sites for hydroxylation is 1. The Labute approximate surface area is 112 Å². The van der Waals surface area contributed by atoms with Crippen LogP contribution in [0.2, 0.25) is 0 Å². The van der Waals surface area contributed by atoms with Crippen LogP contribution in [0.5, 0.6) is 0 Å². The van der Waals surface area contributed by atoms with Crippen LogP contribution in [-0.2, 0) is 0 Å². The molecule has 0 aliphatic carbocycles. The highest BCUT2D eigenvalue weighted by Gasteiger charge is 2.08. The van der Waals surface area contributed by atoms with Crippen LogP contribution in [0.15, 0.2) is 23.2 Å². The number of rotatable bonds is 4. The van der Waals surface area contributed by atoms with Crippen LogP contribution in [0, 0.1) is 6.92 Å². The molecule has 0 aromatic heterocycles. The van der Waals surface area contributed by atoms with Crippen molar-refractivity contribution >= 4 is 29.0 Å². The Morgan fingerprint density at radius 1 is 1.50 bits per heavy atom. The number of amides is 1. The molecular formula is C13H18ClN3O. The summed E-state index contributed by atoms with van der Waals surface area (Å²) in [4.78, 5) is 16.0. The largest absolute Gasteiger partial charge is 0.386 e. The lowest BCUT2D eigenvalue weighted by atomic mass is 10.1. The Hall–Kier alpha value is -1.55. The number of nitrogens with zero attached hydrogens (tertiary/aromatic N) is 1. The summed E-state index contributed by atoms with van der Waals surface area (Å²) >= 11 is 5.57. The van der Waals surface area contributed by atoms with E-state index in [1.807, 2.05) is 20.8 Å².